The molecular formula is C19H25N5O5S. The van der Waals surface area contributed by atoms with Crippen LogP contribution >= 0.6 is 0 Å². The van der Waals surface area contributed by atoms with Crippen molar-refractivity contribution in [2.75, 3.05) is 26.7 Å². The van der Waals surface area contributed by atoms with Gasteiger partial charge in [0.2, 0.25) is 10.0 Å². The Kier molecular flexibility index (Phi) is 8.56. The number of non-ortho nitro benzene ring substituents is 1. The quantitative estimate of drug-likeness (QED) is 0.170. The average molecular weight is 436 g/mol. The van der Waals surface area contributed by atoms with Gasteiger partial charge in [0.15, 0.2) is 5.96 Å². The Morgan fingerprint density at radius 1 is 1.13 bits per heavy atom. The van der Waals surface area contributed by atoms with Crippen molar-refractivity contribution < 1.29 is 18.1 Å². The summed E-state index contributed by atoms with van der Waals surface area (Å²) >= 11 is 0. The molecule has 0 spiro atoms. The minimum atomic E-state index is -3.86. The third kappa shape index (κ3) is 6.71. The molecule has 0 saturated heterocycles. The zero-order chi connectivity index (χ0) is 22.0. The maximum absolute atomic E-state index is 12.3. The van der Waals surface area contributed by atoms with Crippen LogP contribution in [0.15, 0.2) is 58.4 Å². The molecule has 0 bridgehead atoms. The molecule has 0 atom stereocenters. The van der Waals surface area contributed by atoms with Crippen LogP contribution in [0.4, 0.5) is 5.69 Å². The number of rotatable bonds is 10. The Morgan fingerprint density at radius 3 is 2.60 bits per heavy atom. The Morgan fingerprint density at radius 2 is 1.90 bits per heavy atom. The summed E-state index contributed by atoms with van der Waals surface area (Å²) in [5, 5.41) is 17.0. The number of nitrogens with one attached hydrogen (secondary N) is 3. The van der Waals surface area contributed by atoms with Crippen LogP contribution in [-0.2, 0) is 16.6 Å². The summed E-state index contributed by atoms with van der Waals surface area (Å²) < 4.78 is 32.6. The molecule has 2 aromatic rings. The number of hydrogen-bond donors (Lipinski definition) is 3. The van der Waals surface area contributed by atoms with Gasteiger partial charge in [0.25, 0.3) is 5.69 Å². The molecule has 11 heteroatoms. The van der Waals surface area contributed by atoms with Gasteiger partial charge in [0.1, 0.15) is 5.75 Å². The van der Waals surface area contributed by atoms with Gasteiger partial charge >= 0.3 is 0 Å². The fourth-order valence-corrected chi connectivity index (χ4v) is 3.63. The van der Waals surface area contributed by atoms with Crippen molar-refractivity contribution in [2.45, 2.75) is 18.4 Å². The predicted molar refractivity (Wildman–Crippen MR) is 114 cm³/mol. The molecule has 2 rings (SSSR count). The van der Waals surface area contributed by atoms with Crippen LogP contribution in [0.2, 0.25) is 0 Å². The van der Waals surface area contributed by atoms with Gasteiger partial charge in [0.05, 0.1) is 16.4 Å². The second kappa shape index (κ2) is 11.1. The summed E-state index contributed by atoms with van der Waals surface area (Å²) in [4.78, 5) is 14.1. The van der Waals surface area contributed by atoms with Crippen molar-refractivity contribution in [3.8, 4) is 5.75 Å². The van der Waals surface area contributed by atoms with E-state index < -0.39 is 14.9 Å². The number of hydrogen-bond acceptors (Lipinski definition) is 6. The lowest BCUT2D eigenvalue weighted by Gasteiger charge is -2.14. The largest absolute Gasteiger partial charge is 0.494 e. The highest BCUT2D eigenvalue weighted by atomic mass is 32.2. The third-order valence-corrected chi connectivity index (χ3v) is 5.45. The van der Waals surface area contributed by atoms with Gasteiger partial charge in [-0.3, -0.25) is 15.1 Å². The zero-order valence-corrected chi connectivity index (χ0v) is 17.6. The Labute approximate surface area is 175 Å². The first-order valence-corrected chi connectivity index (χ1v) is 10.7. The lowest BCUT2D eigenvalue weighted by Crippen LogP contribution is -2.41. The number of nitrogens with zero attached hydrogens (tertiary/aromatic N) is 2. The smallest absolute Gasteiger partial charge is 0.270 e. The minimum Gasteiger partial charge on any atom is -0.494 e. The van der Waals surface area contributed by atoms with E-state index in [9.17, 15) is 18.5 Å². The maximum Gasteiger partial charge on any atom is 0.270 e. The number of sulfonamides is 1. The monoisotopic (exact) mass is 435 g/mol. The highest BCUT2D eigenvalue weighted by Gasteiger charge is 2.17. The molecular weight excluding hydrogens is 410 g/mol. The molecule has 0 fully saturated rings. The van der Waals surface area contributed by atoms with Gasteiger partial charge in [-0.25, -0.2) is 13.1 Å². The normalized spacial score (nSPS) is 11.7. The van der Waals surface area contributed by atoms with Gasteiger partial charge in [-0.1, -0.05) is 24.3 Å². The first kappa shape index (κ1) is 23.1. The van der Waals surface area contributed by atoms with Gasteiger partial charge in [0, 0.05) is 44.4 Å². The van der Waals surface area contributed by atoms with Crippen LogP contribution in [0.3, 0.4) is 0 Å². The van der Waals surface area contributed by atoms with Gasteiger partial charge in [-0.05, 0) is 19.1 Å². The number of para-hydroxylation sites is 1. The molecule has 162 valence electrons. The number of ether oxygens (including phenoxy) is 1. The molecule has 0 aliphatic carbocycles. The van der Waals surface area contributed by atoms with E-state index >= 15 is 0 Å². The first-order valence-electron chi connectivity index (χ1n) is 9.26. The highest BCUT2D eigenvalue weighted by Crippen LogP contribution is 2.18. The van der Waals surface area contributed by atoms with Crippen LogP contribution in [-0.4, -0.2) is 46.0 Å². The summed E-state index contributed by atoms with van der Waals surface area (Å²) in [6.45, 7) is 3.30. The van der Waals surface area contributed by atoms with E-state index in [2.05, 4.69) is 20.3 Å². The molecule has 0 heterocycles. The van der Waals surface area contributed by atoms with E-state index in [1.54, 1.807) is 7.05 Å². The lowest BCUT2D eigenvalue weighted by atomic mass is 10.2. The Bertz CT molecular complexity index is 994. The van der Waals surface area contributed by atoms with Crippen molar-refractivity contribution >= 4 is 21.7 Å². The summed E-state index contributed by atoms with van der Waals surface area (Å²) in [7, 11) is -2.25. The summed E-state index contributed by atoms with van der Waals surface area (Å²) in [6, 6.07) is 12.5. The van der Waals surface area contributed by atoms with Gasteiger partial charge < -0.3 is 15.4 Å². The van der Waals surface area contributed by atoms with E-state index in [0.29, 0.717) is 19.1 Å². The first-order chi connectivity index (χ1) is 14.4. The molecule has 0 unspecified atom stereocenters. The maximum atomic E-state index is 12.3. The lowest BCUT2D eigenvalue weighted by molar-refractivity contribution is -0.385. The van der Waals surface area contributed by atoms with Gasteiger partial charge in [-0.15, -0.1) is 0 Å². The number of aliphatic imine (C=N–C) groups is 1. The predicted octanol–water partition coefficient (Wildman–Crippen LogP) is 1.64. The van der Waals surface area contributed by atoms with E-state index in [1.807, 2.05) is 31.2 Å². The van der Waals surface area contributed by atoms with Crippen molar-refractivity contribution in [3.63, 3.8) is 0 Å². The Balaban J connectivity index is 1.85. The highest BCUT2D eigenvalue weighted by molar-refractivity contribution is 7.89. The third-order valence-electron chi connectivity index (χ3n) is 3.99. The van der Waals surface area contributed by atoms with Crippen LogP contribution in [0.5, 0.6) is 5.75 Å². The molecule has 0 radical (unpaired) electrons. The molecule has 2 aromatic carbocycles. The number of guanidine groups is 1. The summed E-state index contributed by atoms with van der Waals surface area (Å²) in [5.41, 5.74) is 0.682. The molecule has 0 aliphatic heterocycles. The van der Waals surface area contributed by atoms with Crippen molar-refractivity contribution in [3.05, 3.63) is 64.2 Å². The van der Waals surface area contributed by atoms with E-state index in [0.717, 1.165) is 17.4 Å². The number of benzene rings is 2. The molecule has 3 N–H and O–H groups in total. The fourth-order valence-electron chi connectivity index (χ4n) is 2.56. The van der Waals surface area contributed by atoms with E-state index in [-0.39, 0.29) is 23.7 Å². The molecule has 0 aliphatic rings. The van der Waals surface area contributed by atoms with E-state index in [4.69, 9.17) is 4.74 Å². The van der Waals surface area contributed by atoms with Crippen LogP contribution < -0.4 is 20.1 Å². The Hall–Kier alpha value is -3.18. The topological polar surface area (TPSA) is 135 Å². The second-order valence-electron chi connectivity index (χ2n) is 6.05. The van der Waals surface area contributed by atoms with Crippen molar-refractivity contribution in [1.29, 1.82) is 0 Å². The SMILES string of the molecule is CCOc1ccccc1CNC(=NC)NCCNS(=O)(=O)c1cccc([N+](=O)[O-])c1. The van der Waals surface area contributed by atoms with Crippen LogP contribution in [0.25, 0.3) is 0 Å². The van der Waals surface area contributed by atoms with E-state index in [1.165, 1.54) is 18.2 Å². The molecule has 0 saturated carbocycles. The van der Waals surface area contributed by atoms with Crippen molar-refractivity contribution in [1.82, 2.24) is 15.4 Å². The summed E-state index contributed by atoms with van der Waals surface area (Å²) in [6.07, 6.45) is 0. The summed E-state index contributed by atoms with van der Waals surface area (Å²) in [5.74, 6) is 1.28. The number of nitro groups is 1. The molecule has 10 nitrogen and oxygen atoms in total. The average Bonchev–Trinajstić information content (AvgIpc) is 2.74. The molecule has 0 aromatic heterocycles. The van der Waals surface area contributed by atoms with Crippen LogP contribution in [0.1, 0.15) is 12.5 Å². The second-order valence-corrected chi connectivity index (χ2v) is 7.81. The fraction of sp³-hybridized carbons (Fsp3) is 0.316. The van der Waals surface area contributed by atoms with Crippen molar-refractivity contribution in [2.24, 2.45) is 4.99 Å². The minimum absolute atomic E-state index is 0.0707. The standard InChI is InChI=1S/C19H25N5O5S/c1-3-29-18-10-5-4-7-15(18)14-22-19(20-2)21-11-12-23-30(27,28)17-9-6-8-16(13-17)24(25)26/h4-10,13,23H,3,11-12,14H2,1-2H3,(H2,20,21,22). The molecule has 30 heavy (non-hydrogen) atoms. The number of nitro benzene ring substituents is 1. The van der Waals surface area contributed by atoms with Gasteiger partial charge in [-0.2, -0.15) is 0 Å². The zero-order valence-electron chi connectivity index (χ0n) is 16.8. The van der Waals surface area contributed by atoms with Crippen LogP contribution in [0, 0.1) is 10.1 Å². The molecule has 0 amide bonds.